The van der Waals surface area contributed by atoms with Crippen molar-refractivity contribution in [3.8, 4) is 0 Å². The number of aromatic nitrogens is 1. The average molecular weight is 353 g/mol. The third-order valence-electron chi connectivity index (χ3n) is 4.59. The summed E-state index contributed by atoms with van der Waals surface area (Å²) in [7, 11) is -2.53. The number of rotatable bonds is 5. The van der Waals surface area contributed by atoms with Crippen LogP contribution in [0.25, 0.3) is 0 Å². The van der Waals surface area contributed by atoms with Gasteiger partial charge in [-0.2, -0.15) is 0 Å². The maximum absolute atomic E-state index is 5.29. The molecule has 0 radical (unpaired) electrons. The van der Waals surface area contributed by atoms with Gasteiger partial charge in [-0.05, 0) is 27.7 Å². The van der Waals surface area contributed by atoms with Crippen LogP contribution in [0, 0.1) is 0 Å². The minimum absolute atomic E-state index is 1.02. The first-order valence-corrected chi connectivity index (χ1v) is 10.7. The molecule has 0 aliphatic rings. The molecule has 4 aromatic rings. The lowest BCUT2D eigenvalue weighted by Gasteiger charge is -2.29. The Labute approximate surface area is 155 Å². The molecule has 0 amide bonds. The largest absolute Gasteiger partial charge is 0.360 e. The second kappa shape index (κ2) is 7.38. The van der Waals surface area contributed by atoms with E-state index in [1.165, 1.54) is 15.6 Å². The number of nitrogens with zero attached hydrogens (tertiary/aromatic N) is 1. The number of nitrogens with one attached hydrogen (secondary N) is 1. The van der Waals surface area contributed by atoms with Gasteiger partial charge < -0.3 is 9.64 Å². The van der Waals surface area contributed by atoms with Crippen LogP contribution in [0.1, 0.15) is 5.69 Å². The van der Waals surface area contributed by atoms with Crippen molar-refractivity contribution >= 4 is 30.0 Å². The van der Waals surface area contributed by atoms with Gasteiger partial charge in [0.05, 0.1) is 5.69 Å². The Morgan fingerprint density at radius 2 is 1.04 bits per heavy atom. The van der Waals surface area contributed by atoms with E-state index in [0.29, 0.717) is 0 Å². The number of H-pyrrole nitrogens is 1. The highest BCUT2D eigenvalue weighted by atomic mass is 28.3. The third kappa shape index (κ3) is 3.05. The van der Waals surface area contributed by atoms with E-state index in [0.717, 1.165) is 5.69 Å². The lowest BCUT2D eigenvalue weighted by molar-refractivity contribution is 1.38. The van der Waals surface area contributed by atoms with Crippen molar-refractivity contribution in [3.05, 3.63) is 115 Å². The van der Waals surface area contributed by atoms with Gasteiger partial charge in [-0.3, -0.25) is 0 Å². The Morgan fingerprint density at radius 3 is 1.42 bits per heavy atom. The van der Waals surface area contributed by atoms with E-state index in [4.69, 9.17) is 4.66 Å². The van der Waals surface area contributed by atoms with Gasteiger partial charge >= 0.3 is 0 Å². The quantitative estimate of drug-likeness (QED) is 0.325. The van der Waals surface area contributed by atoms with Crippen LogP contribution in [0.15, 0.2) is 114 Å². The summed E-state index contributed by atoms with van der Waals surface area (Å²) in [5.74, 6) is 0. The number of hydrogen-bond acceptors (Lipinski definition) is 1. The van der Waals surface area contributed by atoms with Crippen LogP contribution >= 0.6 is 0 Å². The predicted molar refractivity (Wildman–Crippen MR) is 112 cm³/mol. The van der Waals surface area contributed by atoms with Crippen LogP contribution < -0.4 is 15.6 Å². The molecule has 0 spiro atoms. The normalized spacial score (nSPS) is 11.7. The van der Waals surface area contributed by atoms with Crippen molar-refractivity contribution in [3.63, 3.8) is 0 Å². The summed E-state index contributed by atoms with van der Waals surface area (Å²) in [6.07, 6.45) is 3.91. The number of aromatic amines is 1. The molecule has 3 heteroatoms. The zero-order valence-corrected chi connectivity index (χ0v) is 15.4. The molecular weight excluding hydrogens is 332 g/mol. The van der Waals surface area contributed by atoms with Crippen LogP contribution in [0.4, 0.5) is 0 Å². The summed E-state index contributed by atoms with van der Waals surface area (Å²) in [6.45, 7) is 0. The van der Waals surface area contributed by atoms with Crippen LogP contribution in [0.5, 0.6) is 0 Å². The number of hydrogen-bond donors (Lipinski definition) is 1. The lowest BCUT2D eigenvalue weighted by Crippen LogP contribution is -2.66. The molecule has 0 saturated heterocycles. The standard InChI is InChI=1S/C23H20N2Si/c1-4-12-21(13-5-1)26(22-14-6-2-7-15-22,23-16-8-3-9-17-23)25-19-20-11-10-18-24-20/h1-19,24H/b25-19+. The van der Waals surface area contributed by atoms with E-state index >= 15 is 0 Å². The molecule has 26 heavy (non-hydrogen) atoms. The molecule has 3 aromatic carbocycles. The highest BCUT2D eigenvalue weighted by molar-refractivity contribution is 7.10. The Morgan fingerprint density at radius 1 is 0.577 bits per heavy atom. The van der Waals surface area contributed by atoms with E-state index in [2.05, 4.69) is 96.0 Å². The second-order valence-electron chi connectivity index (χ2n) is 6.19. The van der Waals surface area contributed by atoms with E-state index in [-0.39, 0.29) is 0 Å². The molecule has 4 rings (SSSR count). The summed E-state index contributed by atoms with van der Waals surface area (Å²) in [4.78, 5) is 3.24. The Bertz CT molecular complexity index is 866. The van der Waals surface area contributed by atoms with Crippen LogP contribution in [0.3, 0.4) is 0 Å². The van der Waals surface area contributed by atoms with Gasteiger partial charge in [0.25, 0.3) is 8.24 Å². The molecule has 0 saturated carbocycles. The molecule has 0 aliphatic carbocycles. The molecule has 0 bridgehead atoms. The Balaban J connectivity index is 2.00. The predicted octanol–water partition coefficient (Wildman–Crippen LogP) is 3.10. The highest BCUT2D eigenvalue weighted by Crippen LogP contribution is 2.10. The van der Waals surface area contributed by atoms with E-state index in [1.807, 2.05) is 24.5 Å². The lowest BCUT2D eigenvalue weighted by atomic mass is 10.3. The third-order valence-corrected chi connectivity index (χ3v) is 8.62. The van der Waals surface area contributed by atoms with Crippen molar-refractivity contribution in [2.24, 2.45) is 4.66 Å². The van der Waals surface area contributed by atoms with Gasteiger partial charge in [-0.15, -0.1) is 0 Å². The van der Waals surface area contributed by atoms with Crippen LogP contribution in [-0.4, -0.2) is 19.4 Å². The summed E-state index contributed by atoms with van der Waals surface area (Å²) >= 11 is 0. The SMILES string of the molecule is C(=N\[Si](c1ccccc1)(c1ccccc1)c1ccccc1)/c1ccc[nH]1. The minimum atomic E-state index is -2.53. The van der Waals surface area contributed by atoms with Crippen LogP contribution in [0.2, 0.25) is 0 Å². The molecule has 126 valence electrons. The molecule has 0 atom stereocenters. The van der Waals surface area contributed by atoms with E-state index in [1.54, 1.807) is 0 Å². The van der Waals surface area contributed by atoms with Crippen molar-refractivity contribution in [1.29, 1.82) is 0 Å². The molecule has 1 N–H and O–H groups in total. The zero-order chi connectivity index (χ0) is 17.7. The van der Waals surface area contributed by atoms with E-state index < -0.39 is 8.24 Å². The monoisotopic (exact) mass is 352 g/mol. The van der Waals surface area contributed by atoms with Crippen molar-refractivity contribution in [2.75, 3.05) is 0 Å². The van der Waals surface area contributed by atoms with Crippen LogP contribution in [-0.2, 0) is 0 Å². The molecule has 2 nitrogen and oxygen atoms in total. The highest BCUT2D eigenvalue weighted by Gasteiger charge is 2.39. The smallest absolute Gasteiger partial charge is 0.273 e. The summed E-state index contributed by atoms with van der Waals surface area (Å²) in [5.41, 5.74) is 1.02. The number of benzene rings is 3. The van der Waals surface area contributed by atoms with Gasteiger partial charge in [0.1, 0.15) is 0 Å². The fourth-order valence-electron chi connectivity index (χ4n) is 3.35. The average Bonchev–Trinajstić information content (AvgIpc) is 3.25. The molecule has 1 aromatic heterocycles. The Hall–Kier alpha value is -3.17. The van der Waals surface area contributed by atoms with Gasteiger partial charge in [0, 0.05) is 12.4 Å². The fraction of sp³-hybridized carbons (Fsp3) is 0. The van der Waals surface area contributed by atoms with Gasteiger partial charge in [-0.1, -0.05) is 91.0 Å². The summed E-state index contributed by atoms with van der Waals surface area (Å²) in [6, 6.07) is 36.1. The fourth-order valence-corrected chi connectivity index (χ4v) is 7.16. The molecular formula is C23H20N2Si. The molecule has 0 unspecified atom stereocenters. The summed E-state index contributed by atoms with van der Waals surface area (Å²) in [5, 5.41) is 3.83. The molecule has 0 fully saturated rings. The first kappa shape index (κ1) is 16.3. The first-order valence-electron chi connectivity index (χ1n) is 8.75. The van der Waals surface area contributed by atoms with Gasteiger partial charge in [-0.25, -0.2) is 0 Å². The first-order chi connectivity index (χ1) is 12.9. The molecule has 1 heterocycles. The maximum atomic E-state index is 5.29. The second-order valence-corrected chi connectivity index (χ2v) is 9.60. The Kier molecular flexibility index (Phi) is 4.63. The minimum Gasteiger partial charge on any atom is -0.360 e. The zero-order valence-electron chi connectivity index (χ0n) is 14.4. The molecule has 0 aliphatic heterocycles. The summed E-state index contributed by atoms with van der Waals surface area (Å²) < 4.78 is 5.29. The maximum Gasteiger partial charge on any atom is 0.273 e. The van der Waals surface area contributed by atoms with Crippen molar-refractivity contribution < 1.29 is 0 Å². The van der Waals surface area contributed by atoms with Gasteiger partial charge in [0.15, 0.2) is 0 Å². The van der Waals surface area contributed by atoms with Gasteiger partial charge in [0.2, 0.25) is 0 Å². The topological polar surface area (TPSA) is 28.1 Å². The van der Waals surface area contributed by atoms with Crippen molar-refractivity contribution in [2.45, 2.75) is 0 Å². The van der Waals surface area contributed by atoms with Crippen molar-refractivity contribution in [1.82, 2.24) is 4.98 Å². The van der Waals surface area contributed by atoms with E-state index in [9.17, 15) is 0 Å².